The van der Waals surface area contributed by atoms with Crippen molar-refractivity contribution < 1.29 is 9.36 Å². The first-order valence-corrected chi connectivity index (χ1v) is 11.9. The Morgan fingerprint density at radius 1 is 0.793 bits per heavy atom. The summed E-state index contributed by atoms with van der Waals surface area (Å²) in [5, 5.41) is 3.83. The van der Waals surface area contributed by atoms with Crippen molar-refractivity contribution in [2.75, 3.05) is 0 Å². The molecule has 0 radical (unpaired) electrons. The second-order valence-electron chi connectivity index (χ2n) is 6.23. The van der Waals surface area contributed by atoms with Crippen LogP contribution < -0.4 is 15.9 Å². The average molecular weight is 487 g/mol. The molecular weight excluding hydrogens is 471 g/mol. The zero-order chi connectivity index (χ0) is 21.1. The number of amides is 1. The molecule has 0 aliphatic carbocycles. The van der Waals surface area contributed by atoms with E-state index in [0.29, 0.717) is 10.6 Å². The van der Waals surface area contributed by atoms with Crippen LogP contribution >= 0.6 is 53.5 Å². The quantitative estimate of drug-likeness (QED) is 0.367. The number of hydrogen-bond acceptors (Lipinski definition) is 2. The summed E-state index contributed by atoms with van der Waals surface area (Å²) in [6.07, 6.45) is 0. The molecule has 0 spiro atoms. The molecule has 3 aromatic rings. The van der Waals surface area contributed by atoms with Crippen molar-refractivity contribution in [3.05, 3.63) is 95.5 Å². The predicted molar refractivity (Wildman–Crippen MR) is 123 cm³/mol. The van der Waals surface area contributed by atoms with Gasteiger partial charge in [-0.15, -0.1) is 0 Å². The lowest BCUT2D eigenvalue weighted by atomic mass is 10.2. The van der Waals surface area contributed by atoms with Gasteiger partial charge in [0.25, 0.3) is 5.91 Å². The highest BCUT2D eigenvalue weighted by Gasteiger charge is 2.49. The van der Waals surface area contributed by atoms with Crippen LogP contribution in [0.25, 0.3) is 0 Å². The van der Waals surface area contributed by atoms with E-state index in [4.69, 9.17) is 46.4 Å². The number of carbonyl (C=O) groups is 1. The maximum absolute atomic E-state index is 14.5. The zero-order valence-electron chi connectivity index (χ0n) is 14.9. The van der Waals surface area contributed by atoms with Gasteiger partial charge in [0.1, 0.15) is 5.78 Å². The molecule has 3 aromatic carbocycles. The first kappa shape index (κ1) is 22.2. The van der Waals surface area contributed by atoms with E-state index in [1.54, 1.807) is 84.9 Å². The van der Waals surface area contributed by atoms with Gasteiger partial charge in [-0.05, 0) is 12.1 Å². The maximum Gasteiger partial charge on any atom is 0.253 e. The monoisotopic (exact) mass is 485 g/mol. The number of carbonyl (C=O) groups excluding carboxylic acids is 1. The molecule has 0 aliphatic rings. The lowest BCUT2D eigenvalue weighted by Crippen LogP contribution is -2.47. The van der Waals surface area contributed by atoms with Gasteiger partial charge in [-0.25, -0.2) is 0 Å². The van der Waals surface area contributed by atoms with Crippen molar-refractivity contribution in [2.45, 2.75) is 9.58 Å². The fourth-order valence-electron chi connectivity index (χ4n) is 2.97. The Hall–Kier alpha value is -1.48. The third-order valence-corrected chi connectivity index (χ3v) is 9.15. The van der Waals surface area contributed by atoms with E-state index in [1.807, 2.05) is 0 Å². The molecule has 0 aromatic heterocycles. The van der Waals surface area contributed by atoms with Crippen molar-refractivity contribution in [1.29, 1.82) is 0 Å². The van der Waals surface area contributed by atoms with E-state index >= 15 is 0 Å². The summed E-state index contributed by atoms with van der Waals surface area (Å²) in [7, 11) is -3.62. The molecule has 3 rings (SSSR count). The van der Waals surface area contributed by atoms with Crippen LogP contribution in [-0.2, 0) is 4.57 Å². The molecule has 150 valence electrons. The van der Waals surface area contributed by atoms with Crippen LogP contribution in [0, 0.1) is 0 Å². The third-order valence-electron chi connectivity index (χ3n) is 4.34. The third kappa shape index (κ3) is 4.82. The number of halogens is 4. The number of nitrogens with one attached hydrogen (secondary N) is 1. The summed E-state index contributed by atoms with van der Waals surface area (Å²) < 4.78 is 12.5. The molecule has 29 heavy (non-hydrogen) atoms. The molecule has 1 N–H and O–H groups in total. The van der Waals surface area contributed by atoms with Crippen LogP contribution in [0.4, 0.5) is 0 Å². The van der Waals surface area contributed by atoms with Crippen molar-refractivity contribution in [1.82, 2.24) is 5.32 Å². The molecule has 1 amide bonds. The standard InChI is InChI=1S/C21H16Cl4NO2P/c22-18-14-8-7-13-17(18)19(27)26-20(21(23,24)25)29(28,15-9-3-1-4-10-15)16-11-5-2-6-12-16/h1-14,20H,(H,26,27)/t20-/m1/s1. The molecule has 0 heterocycles. The molecule has 0 saturated heterocycles. The van der Waals surface area contributed by atoms with Gasteiger partial charge < -0.3 is 9.88 Å². The van der Waals surface area contributed by atoms with E-state index in [9.17, 15) is 9.36 Å². The topological polar surface area (TPSA) is 46.2 Å². The second-order valence-corrected chi connectivity index (χ2v) is 11.9. The van der Waals surface area contributed by atoms with E-state index in [0.717, 1.165) is 0 Å². The summed E-state index contributed by atoms with van der Waals surface area (Å²) in [6.45, 7) is 0. The molecule has 0 unspecified atom stereocenters. The maximum atomic E-state index is 14.5. The SMILES string of the molecule is O=C(N[C@@H](C(Cl)(Cl)Cl)P(=O)(c1ccccc1)c1ccccc1)c1ccccc1Cl. The summed E-state index contributed by atoms with van der Waals surface area (Å²) in [6, 6.07) is 23.8. The van der Waals surface area contributed by atoms with Gasteiger partial charge in [-0.1, -0.05) is 119 Å². The Morgan fingerprint density at radius 2 is 1.24 bits per heavy atom. The Kier molecular flexibility index (Phi) is 6.98. The number of hydrogen-bond donors (Lipinski definition) is 1. The Balaban J connectivity index is 2.15. The van der Waals surface area contributed by atoms with Crippen molar-refractivity contribution >= 4 is 70.1 Å². The first-order chi connectivity index (χ1) is 13.7. The molecule has 3 nitrogen and oxygen atoms in total. The van der Waals surface area contributed by atoms with Crippen LogP contribution in [0.2, 0.25) is 5.02 Å². The van der Waals surface area contributed by atoms with Gasteiger partial charge in [-0.2, -0.15) is 0 Å². The minimum Gasteiger partial charge on any atom is -0.338 e. The minimum atomic E-state index is -3.62. The van der Waals surface area contributed by atoms with Gasteiger partial charge in [0.2, 0.25) is 3.79 Å². The van der Waals surface area contributed by atoms with Crippen molar-refractivity contribution in [2.24, 2.45) is 0 Å². The summed E-state index contributed by atoms with van der Waals surface area (Å²) in [4.78, 5) is 12.9. The molecule has 0 bridgehead atoms. The molecule has 0 aliphatic heterocycles. The van der Waals surface area contributed by atoms with Crippen LogP contribution in [-0.4, -0.2) is 15.5 Å². The van der Waals surface area contributed by atoms with Crippen LogP contribution in [0.1, 0.15) is 10.4 Å². The summed E-state index contributed by atoms with van der Waals surface area (Å²) >= 11 is 24.9. The fourth-order valence-corrected chi connectivity index (χ4v) is 7.43. The highest BCUT2D eigenvalue weighted by molar-refractivity contribution is 7.79. The zero-order valence-corrected chi connectivity index (χ0v) is 18.9. The molecular formula is C21H16Cl4NO2P. The van der Waals surface area contributed by atoms with Gasteiger partial charge >= 0.3 is 0 Å². The highest BCUT2D eigenvalue weighted by Crippen LogP contribution is 2.55. The Bertz CT molecular complexity index is 996. The normalized spacial score (nSPS) is 13.0. The average Bonchev–Trinajstić information content (AvgIpc) is 2.72. The summed E-state index contributed by atoms with van der Waals surface area (Å²) in [5.41, 5.74) is 0.195. The fraction of sp³-hybridized carbons (Fsp3) is 0.0952. The van der Waals surface area contributed by atoms with Crippen molar-refractivity contribution in [3.8, 4) is 0 Å². The van der Waals surface area contributed by atoms with E-state index in [1.165, 1.54) is 0 Å². The van der Waals surface area contributed by atoms with Gasteiger partial charge in [-0.3, -0.25) is 4.79 Å². The molecule has 0 saturated carbocycles. The Morgan fingerprint density at radius 3 is 1.69 bits per heavy atom. The number of rotatable bonds is 5. The van der Waals surface area contributed by atoms with Gasteiger partial charge in [0.05, 0.1) is 10.6 Å². The highest BCUT2D eigenvalue weighted by atomic mass is 35.6. The summed E-state index contributed by atoms with van der Waals surface area (Å²) in [5.74, 6) is -1.91. The van der Waals surface area contributed by atoms with Crippen molar-refractivity contribution in [3.63, 3.8) is 0 Å². The first-order valence-electron chi connectivity index (χ1n) is 8.57. The largest absolute Gasteiger partial charge is 0.338 e. The predicted octanol–water partition coefficient (Wildman–Crippen LogP) is 5.78. The number of benzene rings is 3. The smallest absolute Gasteiger partial charge is 0.253 e. The molecule has 0 fully saturated rings. The van der Waals surface area contributed by atoms with Crippen LogP contribution in [0.5, 0.6) is 0 Å². The lowest BCUT2D eigenvalue weighted by molar-refractivity contribution is 0.0948. The van der Waals surface area contributed by atoms with Crippen LogP contribution in [0.15, 0.2) is 84.9 Å². The van der Waals surface area contributed by atoms with E-state index < -0.39 is 22.6 Å². The lowest BCUT2D eigenvalue weighted by Gasteiger charge is -2.34. The van der Waals surface area contributed by atoms with Crippen LogP contribution in [0.3, 0.4) is 0 Å². The van der Waals surface area contributed by atoms with E-state index in [2.05, 4.69) is 5.32 Å². The molecule has 1 atom stereocenters. The van der Waals surface area contributed by atoms with Gasteiger partial charge in [0, 0.05) is 10.6 Å². The Labute approximate surface area is 189 Å². The minimum absolute atomic E-state index is 0.195. The van der Waals surface area contributed by atoms with Gasteiger partial charge in [0.15, 0.2) is 7.14 Å². The molecule has 8 heteroatoms. The number of alkyl halides is 3. The second kappa shape index (κ2) is 9.12. The van der Waals surface area contributed by atoms with E-state index in [-0.39, 0.29) is 10.6 Å².